The molecule has 2 aromatic rings. The van der Waals surface area contributed by atoms with E-state index >= 15 is 0 Å². The first kappa shape index (κ1) is 16.8. The molecule has 5 nitrogen and oxygen atoms in total. The van der Waals surface area contributed by atoms with E-state index in [0.717, 1.165) is 54.4 Å². The highest BCUT2D eigenvalue weighted by Gasteiger charge is 2.31. The number of benzene rings is 1. The van der Waals surface area contributed by atoms with Gasteiger partial charge in [-0.2, -0.15) is 0 Å². The molecule has 0 saturated carbocycles. The Morgan fingerprint density at radius 2 is 2.12 bits per heavy atom. The molecule has 1 saturated heterocycles. The van der Waals surface area contributed by atoms with E-state index in [1.54, 1.807) is 14.2 Å². The van der Waals surface area contributed by atoms with E-state index in [0.29, 0.717) is 6.04 Å². The summed E-state index contributed by atoms with van der Waals surface area (Å²) in [4.78, 5) is 2.50. The molecule has 1 aliphatic rings. The standard InChI is InChI=1S/C19H26N2O3/c1-5-17-19(13(2)20-24-17)16-7-6-10-21(16)12-14-11-15(22-3)8-9-18(14)23-4/h8-9,11,16H,5-7,10,12H2,1-4H3/t16-/m1/s1. The maximum atomic E-state index is 5.54. The van der Waals surface area contributed by atoms with Crippen molar-refractivity contribution in [1.29, 1.82) is 0 Å². The third kappa shape index (κ3) is 3.13. The van der Waals surface area contributed by atoms with Crippen LogP contribution in [0.15, 0.2) is 22.7 Å². The van der Waals surface area contributed by atoms with Crippen LogP contribution in [0.5, 0.6) is 11.5 Å². The molecule has 0 aliphatic carbocycles. The summed E-state index contributed by atoms with van der Waals surface area (Å²) >= 11 is 0. The van der Waals surface area contributed by atoms with Gasteiger partial charge in [-0.1, -0.05) is 12.1 Å². The maximum Gasteiger partial charge on any atom is 0.141 e. The zero-order valence-corrected chi connectivity index (χ0v) is 15.0. The summed E-state index contributed by atoms with van der Waals surface area (Å²) in [6.45, 7) is 6.06. The van der Waals surface area contributed by atoms with Crippen LogP contribution < -0.4 is 9.47 Å². The van der Waals surface area contributed by atoms with E-state index in [2.05, 4.69) is 23.0 Å². The van der Waals surface area contributed by atoms with Gasteiger partial charge < -0.3 is 14.0 Å². The lowest BCUT2D eigenvalue weighted by Gasteiger charge is -2.25. The van der Waals surface area contributed by atoms with E-state index in [9.17, 15) is 0 Å². The molecule has 1 fully saturated rings. The lowest BCUT2D eigenvalue weighted by Crippen LogP contribution is -2.24. The summed E-state index contributed by atoms with van der Waals surface area (Å²) in [5, 5.41) is 4.19. The van der Waals surface area contributed by atoms with Crippen molar-refractivity contribution in [2.45, 2.75) is 45.7 Å². The van der Waals surface area contributed by atoms with E-state index < -0.39 is 0 Å². The Morgan fingerprint density at radius 1 is 1.29 bits per heavy atom. The minimum Gasteiger partial charge on any atom is -0.497 e. The highest BCUT2D eigenvalue weighted by molar-refractivity contribution is 5.40. The Morgan fingerprint density at radius 3 is 2.83 bits per heavy atom. The van der Waals surface area contributed by atoms with Gasteiger partial charge in [0.15, 0.2) is 0 Å². The van der Waals surface area contributed by atoms with Gasteiger partial charge in [0.05, 0.1) is 19.9 Å². The lowest BCUT2D eigenvalue weighted by atomic mass is 10.0. The first-order valence-corrected chi connectivity index (χ1v) is 8.57. The maximum absolute atomic E-state index is 5.54. The quantitative estimate of drug-likeness (QED) is 0.804. The van der Waals surface area contributed by atoms with Crippen LogP contribution in [0, 0.1) is 6.92 Å². The van der Waals surface area contributed by atoms with Gasteiger partial charge in [0.1, 0.15) is 17.3 Å². The predicted molar refractivity (Wildman–Crippen MR) is 92.5 cm³/mol. The Kier molecular flexibility index (Phi) is 5.09. The zero-order valence-electron chi connectivity index (χ0n) is 15.0. The van der Waals surface area contributed by atoms with Gasteiger partial charge in [-0.3, -0.25) is 4.90 Å². The molecule has 0 radical (unpaired) electrons. The summed E-state index contributed by atoms with van der Waals surface area (Å²) in [7, 11) is 3.41. The zero-order chi connectivity index (χ0) is 17.1. The molecule has 2 heterocycles. The van der Waals surface area contributed by atoms with Gasteiger partial charge in [0.2, 0.25) is 0 Å². The Bertz CT molecular complexity index is 696. The second kappa shape index (κ2) is 7.26. The van der Waals surface area contributed by atoms with E-state index in [4.69, 9.17) is 14.0 Å². The fourth-order valence-corrected chi connectivity index (χ4v) is 3.67. The fraction of sp³-hybridized carbons (Fsp3) is 0.526. The number of nitrogens with zero attached hydrogens (tertiary/aromatic N) is 2. The molecule has 3 rings (SSSR count). The van der Waals surface area contributed by atoms with Gasteiger partial charge >= 0.3 is 0 Å². The Hall–Kier alpha value is -2.01. The van der Waals surface area contributed by atoms with Crippen molar-refractivity contribution in [3.05, 3.63) is 40.8 Å². The van der Waals surface area contributed by atoms with Crippen LogP contribution in [-0.2, 0) is 13.0 Å². The summed E-state index contributed by atoms with van der Waals surface area (Å²) in [6.07, 6.45) is 3.20. The molecule has 0 amide bonds. The molecule has 0 unspecified atom stereocenters. The van der Waals surface area contributed by atoms with Crippen LogP contribution in [0.4, 0.5) is 0 Å². The number of aryl methyl sites for hydroxylation is 2. The van der Waals surface area contributed by atoms with Crippen molar-refractivity contribution >= 4 is 0 Å². The minimum absolute atomic E-state index is 0.363. The van der Waals surface area contributed by atoms with Crippen LogP contribution in [0.2, 0.25) is 0 Å². The average molecular weight is 330 g/mol. The highest BCUT2D eigenvalue weighted by Crippen LogP contribution is 2.38. The minimum atomic E-state index is 0.363. The second-order valence-electron chi connectivity index (χ2n) is 6.26. The third-order valence-electron chi connectivity index (χ3n) is 4.86. The number of aromatic nitrogens is 1. The number of methoxy groups -OCH3 is 2. The molecule has 1 aromatic carbocycles. The number of rotatable bonds is 6. The summed E-state index contributed by atoms with van der Waals surface area (Å²) in [5.74, 6) is 2.78. The Balaban J connectivity index is 1.88. The van der Waals surface area contributed by atoms with Gasteiger partial charge in [0, 0.05) is 30.1 Å². The van der Waals surface area contributed by atoms with E-state index in [-0.39, 0.29) is 0 Å². The second-order valence-corrected chi connectivity index (χ2v) is 6.26. The molecule has 24 heavy (non-hydrogen) atoms. The molecule has 1 aromatic heterocycles. The van der Waals surface area contributed by atoms with Gasteiger partial charge in [-0.15, -0.1) is 0 Å². The van der Waals surface area contributed by atoms with Gasteiger partial charge in [-0.25, -0.2) is 0 Å². The van der Waals surface area contributed by atoms with Crippen LogP contribution in [-0.4, -0.2) is 30.8 Å². The monoisotopic (exact) mass is 330 g/mol. The highest BCUT2D eigenvalue weighted by atomic mass is 16.5. The lowest BCUT2D eigenvalue weighted by molar-refractivity contribution is 0.240. The number of hydrogen-bond acceptors (Lipinski definition) is 5. The largest absolute Gasteiger partial charge is 0.497 e. The number of hydrogen-bond donors (Lipinski definition) is 0. The van der Waals surface area contributed by atoms with Crippen molar-refractivity contribution in [1.82, 2.24) is 10.1 Å². The predicted octanol–water partition coefficient (Wildman–Crippen LogP) is 3.90. The van der Waals surface area contributed by atoms with Crippen LogP contribution in [0.3, 0.4) is 0 Å². The molecule has 1 atom stereocenters. The molecule has 0 bridgehead atoms. The van der Waals surface area contributed by atoms with Crippen molar-refractivity contribution in [2.24, 2.45) is 0 Å². The van der Waals surface area contributed by atoms with E-state index in [1.165, 1.54) is 12.0 Å². The smallest absolute Gasteiger partial charge is 0.141 e. The Labute approximate surface area is 143 Å². The van der Waals surface area contributed by atoms with Gasteiger partial charge in [-0.05, 0) is 44.5 Å². The van der Waals surface area contributed by atoms with Crippen LogP contribution in [0.1, 0.15) is 48.4 Å². The molecular weight excluding hydrogens is 304 g/mol. The topological polar surface area (TPSA) is 47.7 Å². The molecule has 0 N–H and O–H groups in total. The number of ether oxygens (including phenoxy) is 2. The van der Waals surface area contributed by atoms with Crippen molar-refractivity contribution < 1.29 is 14.0 Å². The molecular formula is C19H26N2O3. The molecule has 130 valence electrons. The first-order chi connectivity index (χ1) is 11.7. The van der Waals surface area contributed by atoms with Crippen molar-refractivity contribution in [3.8, 4) is 11.5 Å². The number of likely N-dealkylation sites (tertiary alicyclic amines) is 1. The SMILES string of the molecule is CCc1onc(C)c1[C@H]1CCCN1Cc1cc(OC)ccc1OC. The summed E-state index contributed by atoms with van der Waals surface area (Å²) < 4.78 is 16.4. The van der Waals surface area contributed by atoms with Crippen molar-refractivity contribution in [2.75, 3.05) is 20.8 Å². The van der Waals surface area contributed by atoms with Gasteiger partial charge in [0.25, 0.3) is 0 Å². The first-order valence-electron chi connectivity index (χ1n) is 8.57. The molecule has 0 spiro atoms. The third-order valence-corrected chi connectivity index (χ3v) is 4.86. The van der Waals surface area contributed by atoms with Crippen molar-refractivity contribution in [3.63, 3.8) is 0 Å². The van der Waals surface area contributed by atoms with E-state index in [1.807, 2.05) is 19.1 Å². The normalized spacial score (nSPS) is 18.1. The van der Waals surface area contributed by atoms with Crippen LogP contribution >= 0.6 is 0 Å². The summed E-state index contributed by atoms with van der Waals surface area (Å²) in [6, 6.07) is 6.34. The van der Waals surface area contributed by atoms with Crippen LogP contribution in [0.25, 0.3) is 0 Å². The molecule has 5 heteroatoms. The fourth-order valence-electron chi connectivity index (χ4n) is 3.67. The molecule has 1 aliphatic heterocycles. The summed E-state index contributed by atoms with van der Waals surface area (Å²) in [5.41, 5.74) is 3.44. The average Bonchev–Trinajstić information content (AvgIpc) is 3.20.